The first-order valence-corrected chi connectivity index (χ1v) is 9.71. The van der Waals surface area contributed by atoms with Gasteiger partial charge in [0, 0.05) is 11.8 Å². The zero-order valence-electron chi connectivity index (χ0n) is 17.7. The second-order valence-corrected chi connectivity index (χ2v) is 6.92. The number of ketones is 1. The van der Waals surface area contributed by atoms with E-state index in [-0.39, 0.29) is 16.9 Å². The van der Waals surface area contributed by atoms with E-state index in [9.17, 15) is 14.7 Å². The third-order valence-electron chi connectivity index (χ3n) is 5.26. The number of hydrogen-bond acceptors (Lipinski definition) is 7. The predicted octanol–water partition coefficient (Wildman–Crippen LogP) is 3.93. The molecule has 2 aromatic carbocycles. The van der Waals surface area contributed by atoms with E-state index in [1.807, 2.05) is 0 Å². The molecule has 0 bridgehead atoms. The van der Waals surface area contributed by atoms with E-state index in [1.165, 1.54) is 32.5 Å². The molecule has 1 amide bonds. The van der Waals surface area contributed by atoms with E-state index in [0.29, 0.717) is 28.7 Å². The van der Waals surface area contributed by atoms with E-state index in [1.54, 1.807) is 54.6 Å². The Hall–Kier alpha value is -4.20. The van der Waals surface area contributed by atoms with Crippen molar-refractivity contribution in [2.24, 2.45) is 0 Å². The molecule has 1 unspecified atom stereocenters. The van der Waals surface area contributed by atoms with Gasteiger partial charge in [0.05, 0.1) is 38.7 Å². The molecule has 1 aliphatic heterocycles. The molecule has 2 heterocycles. The molecule has 32 heavy (non-hydrogen) atoms. The molecule has 1 aliphatic rings. The molecular weight excluding hydrogens is 414 g/mol. The Kier molecular flexibility index (Phi) is 5.59. The summed E-state index contributed by atoms with van der Waals surface area (Å²) in [6.45, 7) is 0. The molecule has 1 saturated heterocycles. The molecule has 164 valence electrons. The third kappa shape index (κ3) is 3.35. The number of anilines is 1. The molecule has 1 atom stereocenters. The zero-order chi connectivity index (χ0) is 22.8. The number of nitrogens with zero attached hydrogens (tertiary/aromatic N) is 1. The number of ether oxygens (including phenoxy) is 3. The lowest BCUT2D eigenvalue weighted by Gasteiger charge is -2.24. The van der Waals surface area contributed by atoms with Gasteiger partial charge in [-0.1, -0.05) is 12.1 Å². The van der Waals surface area contributed by atoms with Gasteiger partial charge in [-0.2, -0.15) is 0 Å². The summed E-state index contributed by atoms with van der Waals surface area (Å²) in [7, 11) is 4.43. The van der Waals surface area contributed by atoms with E-state index in [0.717, 1.165) is 0 Å². The summed E-state index contributed by atoms with van der Waals surface area (Å²) < 4.78 is 21.5. The van der Waals surface area contributed by atoms with Crippen molar-refractivity contribution < 1.29 is 33.3 Å². The number of furan rings is 1. The largest absolute Gasteiger partial charge is 0.507 e. The van der Waals surface area contributed by atoms with Crippen LogP contribution in [0.15, 0.2) is 70.9 Å². The summed E-state index contributed by atoms with van der Waals surface area (Å²) in [6, 6.07) is 13.8. The van der Waals surface area contributed by atoms with Crippen LogP contribution in [0.25, 0.3) is 5.76 Å². The first kappa shape index (κ1) is 21.0. The zero-order valence-corrected chi connectivity index (χ0v) is 17.7. The quantitative estimate of drug-likeness (QED) is 0.356. The maximum atomic E-state index is 13.2. The molecule has 0 aliphatic carbocycles. The molecule has 0 radical (unpaired) electrons. The highest BCUT2D eigenvalue weighted by molar-refractivity contribution is 6.51. The van der Waals surface area contributed by atoms with Crippen LogP contribution in [0.4, 0.5) is 5.69 Å². The highest BCUT2D eigenvalue weighted by Crippen LogP contribution is 2.44. The van der Waals surface area contributed by atoms with Gasteiger partial charge in [0.2, 0.25) is 0 Å². The number of aliphatic hydroxyl groups excluding tert-OH is 1. The lowest BCUT2D eigenvalue weighted by molar-refractivity contribution is -0.132. The fourth-order valence-corrected chi connectivity index (χ4v) is 3.77. The number of methoxy groups -OCH3 is 3. The van der Waals surface area contributed by atoms with E-state index in [2.05, 4.69) is 0 Å². The third-order valence-corrected chi connectivity index (χ3v) is 5.26. The van der Waals surface area contributed by atoms with Crippen molar-refractivity contribution in [2.75, 3.05) is 26.2 Å². The topological polar surface area (TPSA) is 98.4 Å². The number of amides is 1. The minimum atomic E-state index is -0.993. The summed E-state index contributed by atoms with van der Waals surface area (Å²) in [6.07, 6.45) is 1.44. The van der Waals surface area contributed by atoms with Crippen LogP contribution >= 0.6 is 0 Å². The Balaban J connectivity index is 1.93. The van der Waals surface area contributed by atoms with Crippen LogP contribution in [0.5, 0.6) is 17.2 Å². The van der Waals surface area contributed by atoms with Crippen molar-refractivity contribution in [3.8, 4) is 17.2 Å². The Labute approximate surface area is 184 Å². The van der Waals surface area contributed by atoms with Crippen molar-refractivity contribution in [1.29, 1.82) is 0 Å². The summed E-state index contributed by atoms with van der Waals surface area (Å²) in [5.74, 6) is -0.480. The predicted molar refractivity (Wildman–Crippen MR) is 116 cm³/mol. The van der Waals surface area contributed by atoms with Crippen LogP contribution < -0.4 is 19.1 Å². The SMILES string of the molecule is COc1ccc(N2C(=O)C(=O)/C(=C(\O)c3ccccc3OC)C2c2ccco2)cc1OC. The molecule has 3 aromatic rings. The Morgan fingerprint density at radius 2 is 1.62 bits per heavy atom. The Morgan fingerprint density at radius 3 is 2.28 bits per heavy atom. The van der Waals surface area contributed by atoms with Crippen molar-refractivity contribution in [3.05, 3.63) is 77.8 Å². The monoisotopic (exact) mass is 435 g/mol. The first-order chi connectivity index (χ1) is 15.5. The maximum absolute atomic E-state index is 13.2. The van der Waals surface area contributed by atoms with E-state index >= 15 is 0 Å². The van der Waals surface area contributed by atoms with Crippen molar-refractivity contribution in [2.45, 2.75) is 6.04 Å². The number of benzene rings is 2. The molecule has 1 aromatic heterocycles. The minimum Gasteiger partial charge on any atom is -0.507 e. The molecule has 0 spiro atoms. The second-order valence-electron chi connectivity index (χ2n) is 6.92. The van der Waals surface area contributed by atoms with Crippen molar-refractivity contribution >= 4 is 23.1 Å². The van der Waals surface area contributed by atoms with Gasteiger partial charge in [-0.15, -0.1) is 0 Å². The molecule has 4 rings (SSSR count). The number of carbonyl (C=O) groups is 2. The molecule has 8 nitrogen and oxygen atoms in total. The second kappa shape index (κ2) is 8.50. The smallest absolute Gasteiger partial charge is 0.300 e. The van der Waals surface area contributed by atoms with Gasteiger partial charge in [0.25, 0.3) is 11.7 Å². The van der Waals surface area contributed by atoms with Crippen molar-refractivity contribution in [3.63, 3.8) is 0 Å². The van der Waals surface area contributed by atoms with E-state index in [4.69, 9.17) is 18.6 Å². The average Bonchev–Trinajstić information content (AvgIpc) is 3.45. The summed E-state index contributed by atoms with van der Waals surface area (Å²) >= 11 is 0. The number of hydrogen-bond donors (Lipinski definition) is 1. The lowest BCUT2D eigenvalue weighted by Crippen LogP contribution is -2.29. The summed E-state index contributed by atoms with van der Waals surface area (Å²) in [4.78, 5) is 27.6. The van der Waals surface area contributed by atoms with Gasteiger partial charge in [0.1, 0.15) is 23.3 Å². The van der Waals surface area contributed by atoms with Crippen molar-refractivity contribution in [1.82, 2.24) is 0 Å². The Bertz CT molecular complexity index is 1200. The van der Waals surface area contributed by atoms with Gasteiger partial charge >= 0.3 is 0 Å². The average molecular weight is 435 g/mol. The summed E-state index contributed by atoms with van der Waals surface area (Å²) in [5, 5.41) is 11.2. The number of aliphatic hydroxyl groups is 1. The summed E-state index contributed by atoms with van der Waals surface area (Å²) in [5.41, 5.74) is 0.561. The number of carbonyl (C=O) groups excluding carboxylic acids is 2. The highest BCUT2D eigenvalue weighted by atomic mass is 16.5. The number of rotatable bonds is 6. The van der Waals surface area contributed by atoms with Crippen LogP contribution in [-0.2, 0) is 9.59 Å². The number of para-hydroxylation sites is 1. The fourth-order valence-electron chi connectivity index (χ4n) is 3.77. The molecule has 1 N–H and O–H groups in total. The van der Waals surface area contributed by atoms with Gasteiger partial charge in [-0.3, -0.25) is 14.5 Å². The van der Waals surface area contributed by atoms with Gasteiger partial charge in [0.15, 0.2) is 11.5 Å². The fraction of sp³-hybridized carbons (Fsp3) is 0.167. The minimum absolute atomic E-state index is 0.107. The Morgan fingerprint density at radius 1 is 0.906 bits per heavy atom. The van der Waals surface area contributed by atoms with Crippen LogP contribution in [0.3, 0.4) is 0 Å². The molecular formula is C24H21NO7. The molecule has 1 fully saturated rings. The van der Waals surface area contributed by atoms with E-state index < -0.39 is 17.7 Å². The van der Waals surface area contributed by atoms with Crippen LogP contribution in [0.2, 0.25) is 0 Å². The van der Waals surface area contributed by atoms with Crippen LogP contribution in [-0.4, -0.2) is 38.1 Å². The highest BCUT2D eigenvalue weighted by Gasteiger charge is 2.48. The van der Waals surface area contributed by atoms with Crippen LogP contribution in [0, 0.1) is 0 Å². The molecule has 0 saturated carbocycles. The van der Waals surface area contributed by atoms with Gasteiger partial charge < -0.3 is 23.7 Å². The molecule has 8 heteroatoms. The first-order valence-electron chi connectivity index (χ1n) is 9.71. The lowest BCUT2D eigenvalue weighted by atomic mass is 9.98. The maximum Gasteiger partial charge on any atom is 0.300 e. The number of Topliss-reactive ketones (excluding diaryl/α,β-unsaturated/α-hetero) is 1. The van der Waals surface area contributed by atoms with Gasteiger partial charge in [-0.25, -0.2) is 0 Å². The standard InChI is InChI=1S/C24H21NO7/c1-29-16-8-5-4-7-15(16)22(26)20-21(18-9-6-12-32-18)25(24(28)23(20)27)14-10-11-17(30-2)19(13-14)31-3/h4-13,21,26H,1-3H3/b22-20-. The normalized spacial score (nSPS) is 17.5. The van der Waals surface area contributed by atoms with Gasteiger partial charge in [-0.05, 0) is 36.4 Å². The van der Waals surface area contributed by atoms with Crippen LogP contribution in [0.1, 0.15) is 17.4 Å².